The van der Waals surface area contributed by atoms with Crippen molar-refractivity contribution in [1.82, 2.24) is 5.32 Å². The van der Waals surface area contributed by atoms with Crippen molar-refractivity contribution in [2.45, 2.75) is 6.92 Å². The van der Waals surface area contributed by atoms with Gasteiger partial charge in [0.05, 0.1) is 11.4 Å². The Bertz CT molecular complexity index is 894. The number of nitrogens with two attached hydrogens (primary N) is 1. The molecular weight excluding hydrogens is 304 g/mol. The highest BCUT2D eigenvalue weighted by Gasteiger charge is 2.11. The number of hydrogen-bond donors (Lipinski definition) is 2. The second-order valence-electron chi connectivity index (χ2n) is 5.94. The van der Waals surface area contributed by atoms with Gasteiger partial charge in [-0.25, -0.2) is 0 Å². The van der Waals surface area contributed by atoms with Gasteiger partial charge < -0.3 is 11.1 Å². The van der Waals surface area contributed by atoms with Gasteiger partial charge in [-0.1, -0.05) is 91.5 Å². The summed E-state index contributed by atoms with van der Waals surface area (Å²) >= 11 is 0. The second-order valence-corrected chi connectivity index (χ2v) is 5.94. The summed E-state index contributed by atoms with van der Waals surface area (Å²) in [4.78, 5) is 0. The van der Waals surface area contributed by atoms with Crippen LogP contribution in [0.5, 0.6) is 0 Å². The number of rotatable bonds is 5. The predicted molar refractivity (Wildman–Crippen MR) is 107 cm³/mol. The Kier molecular flexibility index (Phi) is 5.00. The van der Waals surface area contributed by atoms with Crippen LogP contribution in [0, 0.1) is 6.92 Å². The number of benzene rings is 3. The zero-order chi connectivity index (χ0) is 17.6. The Morgan fingerprint density at radius 1 is 0.760 bits per heavy atom. The Morgan fingerprint density at radius 3 is 1.88 bits per heavy atom. The lowest BCUT2D eigenvalue weighted by atomic mass is 10.0. The van der Waals surface area contributed by atoms with Gasteiger partial charge in [0.1, 0.15) is 0 Å². The average Bonchev–Trinajstić information content (AvgIpc) is 2.67. The lowest BCUT2D eigenvalue weighted by molar-refractivity contribution is 1.22. The fourth-order valence-corrected chi connectivity index (χ4v) is 2.79. The minimum Gasteiger partial charge on any atom is -0.397 e. The van der Waals surface area contributed by atoms with E-state index in [4.69, 9.17) is 5.73 Å². The van der Waals surface area contributed by atoms with Gasteiger partial charge >= 0.3 is 0 Å². The molecule has 0 unspecified atom stereocenters. The van der Waals surface area contributed by atoms with Crippen LogP contribution in [0.25, 0.3) is 17.1 Å². The monoisotopic (exact) mass is 326 g/mol. The summed E-state index contributed by atoms with van der Waals surface area (Å²) in [6, 6.07) is 28.3. The summed E-state index contributed by atoms with van der Waals surface area (Å²) in [5, 5.41) is 3.45. The highest BCUT2D eigenvalue weighted by atomic mass is 14.9. The van der Waals surface area contributed by atoms with E-state index in [1.54, 1.807) is 0 Å². The van der Waals surface area contributed by atoms with E-state index in [1.807, 2.05) is 72.8 Å². The summed E-state index contributed by atoms with van der Waals surface area (Å²) in [5.41, 5.74) is 13.2. The Labute approximate surface area is 149 Å². The molecule has 3 aromatic rings. The van der Waals surface area contributed by atoms with Gasteiger partial charge in [-0.15, -0.1) is 0 Å². The summed E-state index contributed by atoms with van der Waals surface area (Å²) in [6.07, 6.45) is 0. The van der Waals surface area contributed by atoms with Crippen molar-refractivity contribution in [3.63, 3.8) is 0 Å². The lowest BCUT2D eigenvalue weighted by Gasteiger charge is -2.18. The maximum atomic E-state index is 6.51. The molecule has 0 heterocycles. The molecule has 0 amide bonds. The third-order valence-electron chi connectivity index (χ3n) is 4.16. The molecule has 0 fully saturated rings. The van der Waals surface area contributed by atoms with Crippen molar-refractivity contribution >= 4 is 17.1 Å². The first kappa shape index (κ1) is 16.6. The van der Waals surface area contributed by atoms with E-state index in [0.717, 1.165) is 28.1 Å². The standard InChI is InChI=1S/C23H22N2/c1-17-11-9-10-16-21(17)18(2)25-23(20-14-7-4-8-15-20)22(24)19-12-5-3-6-13-19/h3-16,25H,2,24H2,1H3/b23-22-. The molecule has 3 aromatic carbocycles. The maximum Gasteiger partial charge on any atom is 0.0697 e. The molecular formula is C23H22N2. The van der Waals surface area contributed by atoms with Gasteiger partial charge in [0, 0.05) is 16.8 Å². The molecule has 0 atom stereocenters. The first-order valence-corrected chi connectivity index (χ1v) is 8.29. The molecule has 0 aliphatic heterocycles. The first-order valence-electron chi connectivity index (χ1n) is 8.29. The molecule has 2 heteroatoms. The summed E-state index contributed by atoms with van der Waals surface area (Å²) < 4.78 is 0. The van der Waals surface area contributed by atoms with Gasteiger partial charge in [0.25, 0.3) is 0 Å². The van der Waals surface area contributed by atoms with Gasteiger partial charge in [-0.05, 0) is 18.1 Å². The minimum absolute atomic E-state index is 0.696. The van der Waals surface area contributed by atoms with Crippen LogP contribution >= 0.6 is 0 Å². The molecule has 0 saturated carbocycles. The largest absolute Gasteiger partial charge is 0.397 e. The van der Waals surface area contributed by atoms with E-state index in [9.17, 15) is 0 Å². The molecule has 3 N–H and O–H groups in total. The van der Waals surface area contributed by atoms with E-state index in [0.29, 0.717) is 5.70 Å². The average molecular weight is 326 g/mol. The summed E-state index contributed by atoms with van der Waals surface area (Å²) in [5.74, 6) is 0. The van der Waals surface area contributed by atoms with Crippen molar-refractivity contribution < 1.29 is 0 Å². The van der Waals surface area contributed by atoms with Crippen molar-refractivity contribution in [1.29, 1.82) is 0 Å². The van der Waals surface area contributed by atoms with Crippen LogP contribution in [0.4, 0.5) is 0 Å². The van der Waals surface area contributed by atoms with E-state index >= 15 is 0 Å². The molecule has 25 heavy (non-hydrogen) atoms. The van der Waals surface area contributed by atoms with Crippen LogP contribution < -0.4 is 11.1 Å². The maximum absolute atomic E-state index is 6.51. The van der Waals surface area contributed by atoms with Crippen molar-refractivity contribution in [3.8, 4) is 0 Å². The van der Waals surface area contributed by atoms with Crippen LogP contribution in [0.1, 0.15) is 22.3 Å². The summed E-state index contributed by atoms with van der Waals surface area (Å²) in [7, 11) is 0. The van der Waals surface area contributed by atoms with E-state index in [-0.39, 0.29) is 0 Å². The molecule has 0 radical (unpaired) electrons. The smallest absolute Gasteiger partial charge is 0.0697 e. The third-order valence-corrected chi connectivity index (χ3v) is 4.16. The van der Waals surface area contributed by atoms with Crippen molar-refractivity contribution in [3.05, 3.63) is 114 Å². The molecule has 0 aliphatic rings. The quantitative estimate of drug-likeness (QED) is 0.645. The molecule has 2 nitrogen and oxygen atoms in total. The first-order chi connectivity index (χ1) is 12.2. The molecule has 0 aromatic heterocycles. The SMILES string of the molecule is C=C(N/C(=C(\N)c1ccccc1)c1ccccc1)c1ccccc1C. The van der Waals surface area contributed by atoms with Gasteiger partial charge in [0.2, 0.25) is 0 Å². The molecule has 0 spiro atoms. The minimum atomic E-state index is 0.696. The Balaban J connectivity index is 2.04. The molecule has 0 bridgehead atoms. The normalized spacial score (nSPS) is 11.6. The number of hydrogen-bond acceptors (Lipinski definition) is 2. The van der Waals surface area contributed by atoms with E-state index < -0.39 is 0 Å². The number of nitrogens with one attached hydrogen (secondary N) is 1. The van der Waals surface area contributed by atoms with Crippen molar-refractivity contribution in [2.75, 3.05) is 0 Å². The van der Waals surface area contributed by atoms with Gasteiger partial charge in [-0.2, -0.15) is 0 Å². The van der Waals surface area contributed by atoms with Crippen LogP contribution in [0.15, 0.2) is 91.5 Å². The highest BCUT2D eigenvalue weighted by molar-refractivity contribution is 5.92. The van der Waals surface area contributed by atoms with Gasteiger partial charge in [0.15, 0.2) is 0 Å². The molecule has 124 valence electrons. The van der Waals surface area contributed by atoms with Gasteiger partial charge in [-0.3, -0.25) is 0 Å². The van der Waals surface area contributed by atoms with Crippen LogP contribution in [0.3, 0.4) is 0 Å². The lowest BCUT2D eigenvalue weighted by Crippen LogP contribution is -2.16. The predicted octanol–water partition coefficient (Wildman–Crippen LogP) is 5.04. The summed E-state index contributed by atoms with van der Waals surface area (Å²) in [6.45, 7) is 6.30. The molecule has 0 saturated heterocycles. The highest BCUT2D eigenvalue weighted by Crippen LogP contribution is 2.24. The topological polar surface area (TPSA) is 38.0 Å². The van der Waals surface area contributed by atoms with Crippen LogP contribution in [0.2, 0.25) is 0 Å². The second kappa shape index (κ2) is 7.54. The fraction of sp³-hybridized carbons (Fsp3) is 0.0435. The number of aryl methyl sites for hydroxylation is 1. The fourth-order valence-electron chi connectivity index (χ4n) is 2.79. The van der Waals surface area contributed by atoms with Crippen LogP contribution in [-0.2, 0) is 0 Å². The molecule has 0 aliphatic carbocycles. The zero-order valence-corrected chi connectivity index (χ0v) is 14.4. The zero-order valence-electron chi connectivity index (χ0n) is 14.4. The van der Waals surface area contributed by atoms with E-state index in [1.165, 1.54) is 5.56 Å². The van der Waals surface area contributed by atoms with Crippen molar-refractivity contribution in [2.24, 2.45) is 5.73 Å². The Hall–Kier alpha value is -3.26. The van der Waals surface area contributed by atoms with Crippen LogP contribution in [-0.4, -0.2) is 0 Å². The molecule has 3 rings (SSSR count). The Morgan fingerprint density at radius 2 is 1.28 bits per heavy atom. The third kappa shape index (κ3) is 3.81. The van der Waals surface area contributed by atoms with E-state index in [2.05, 4.69) is 31.0 Å².